The molecule has 0 aromatic rings. The largest absolute Gasteiger partial charge is 0.468 e. The van der Waals surface area contributed by atoms with E-state index in [2.05, 4.69) is 10.4 Å². The Hall–Kier alpha value is -0.610. The van der Waals surface area contributed by atoms with E-state index in [1.807, 2.05) is 6.92 Å². The predicted octanol–water partition coefficient (Wildman–Crippen LogP) is 0.928. The van der Waals surface area contributed by atoms with Gasteiger partial charge in [0.15, 0.2) is 0 Å². The molecule has 1 heterocycles. The molecule has 14 heavy (non-hydrogen) atoms. The van der Waals surface area contributed by atoms with Gasteiger partial charge in [-0.2, -0.15) is 0 Å². The SMILES string of the molecule is CCC(NN1CCCCC1)C(=O)OC. The first-order valence-electron chi connectivity index (χ1n) is 5.37. The standard InChI is InChI=1S/C10H20N2O2/c1-3-9(10(13)14-2)11-12-7-5-4-6-8-12/h9,11H,3-8H2,1-2H3. The lowest BCUT2D eigenvalue weighted by Crippen LogP contribution is -2.50. The summed E-state index contributed by atoms with van der Waals surface area (Å²) >= 11 is 0. The van der Waals surface area contributed by atoms with E-state index in [4.69, 9.17) is 4.74 Å². The maximum absolute atomic E-state index is 11.3. The zero-order valence-corrected chi connectivity index (χ0v) is 9.08. The van der Waals surface area contributed by atoms with Crippen molar-refractivity contribution in [1.82, 2.24) is 10.4 Å². The lowest BCUT2D eigenvalue weighted by atomic mass is 10.1. The summed E-state index contributed by atoms with van der Waals surface area (Å²) in [6.45, 7) is 4.06. The average Bonchev–Trinajstić information content (AvgIpc) is 2.26. The second kappa shape index (κ2) is 5.98. The summed E-state index contributed by atoms with van der Waals surface area (Å²) < 4.78 is 4.72. The van der Waals surface area contributed by atoms with Crippen LogP contribution < -0.4 is 5.43 Å². The van der Waals surface area contributed by atoms with Crippen molar-refractivity contribution in [3.8, 4) is 0 Å². The van der Waals surface area contributed by atoms with E-state index in [1.54, 1.807) is 0 Å². The highest BCUT2D eigenvalue weighted by molar-refractivity contribution is 5.75. The molecule has 1 rings (SSSR count). The lowest BCUT2D eigenvalue weighted by molar-refractivity contribution is -0.145. The van der Waals surface area contributed by atoms with Crippen LogP contribution in [-0.4, -0.2) is 37.2 Å². The van der Waals surface area contributed by atoms with Gasteiger partial charge in [0.2, 0.25) is 0 Å². The molecule has 4 nitrogen and oxygen atoms in total. The molecule has 0 amide bonds. The van der Waals surface area contributed by atoms with Crippen LogP contribution in [0.1, 0.15) is 32.6 Å². The summed E-state index contributed by atoms with van der Waals surface area (Å²) in [6, 6.07) is -0.182. The summed E-state index contributed by atoms with van der Waals surface area (Å²) in [5.74, 6) is -0.168. The molecule has 1 unspecified atom stereocenters. The van der Waals surface area contributed by atoms with Crippen LogP contribution in [0.5, 0.6) is 0 Å². The normalized spacial score (nSPS) is 20.4. The van der Waals surface area contributed by atoms with E-state index < -0.39 is 0 Å². The molecule has 0 aliphatic carbocycles. The third kappa shape index (κ3) is 3.27. The Morgan fingerprint density at radius 1 is 1.43 bits per heavy atom. The fraction of sp³-hybridized carbons (Fsp3) is 0.900. The minimum Gasteiger partial charge on any atom is -0.468 e. The fourth-order valence-corrected chi connectivity index (χ4v) is 1.70. The summed E-state index contributed by atoms with van der Waals surface area (Å²) in [5.41, 5.74) is 3.22. The number of nitrogens with zero attached hydrogens (tertiary/aromatic N) is 1. The van der Waals surface area contributed by atoms with Gasteiger partial charge in [0.25, 0.3) is 0 Å². The third-order valence-corrected chi connectivity index (χ3v) is 2.59. The third-order valence-electron chi connectivity index (χ3n) is 2.59. The molecule has 0 aromatic carbocycles. The number of hydrogen-bond acceptors (Lipinski definition) is 4. The Morgan fingerprint density at radius 3 is 2.57 bits per heavy atom. The number of piperidine rings is 1. The number of hydrazine groups is 1. The summed E-state index contributed by atoms with van der Waals surface area (Å²) in [5, 5.41) is 2.13. The zero-order chi connectivity index (χ0) is 10.4. The second-order valence-corrected chi connectivity index (χ2v) is 3.66. The monoisotopic (exact) mass is 200 g/mol. The van der Waals surface area contributed by atoms with Gasteiger partial charge in [-0.25, -0.2) is 10.4 Å². The molecule has 1 fully saturated rings. The van der Waals surface area contributed by atoms with E-state index in [1.165, 1.54) is 26.4 Å². The first kappa shape index (κ1) is 11.5. The van der Waals surface area contributed by atoms with Crippen molar-refractivity contribution >= 4 is 5.97 Å². The Kier molecular flexibility index (Phi) is 4.90. The number of nitrogens with one attached hydrogen (secondary N) is 1. The van der Waals surface area contributed by atoms with Crippen LogP contribution in [-0.2, 0) is 9.53 Å². The van der Waals surface area contributed by atoms with Crippen LogP contribution in [0, 0.1) is 0 Å². The summed E-state index contributed by atoms with van der Waals surface area (Å²) in [4.78, 5) is 11.3. The van der Waals surface area contributed by atoms with Gasteiger partial charge in [-0.1, -0.05) is 13.3 Å². The zero-order valence-electron chi connectivity index (χ0n) is 9.08. The molecule has 1 aliphatic rings. The molecule has 0 spiro atoms. The topological polar surface area (TPSA) is 41.6 Å². The smallest absolute Gasteiger partial charge is 0.324 e. The van der Waals surface area contributed by atoms with Crippen LogP contribution in [0.4, 0.5) is 0 Å². The Labute approximate surface area is 85.6 Å². The molecule has 82 valence electrons. The maximum atomic E-state index is 11.3. The van der Waals surface area contributed by atoms with Crippen molar-refractivity contribution in [1.29, 1.82) is 0 Å². The Morgan fingerprint density at radius 2 is 2.07 bits per heavy atom. The van der Waals surface area contributed by atoms with Crippen molar-refractivity contribution in [2.45, 2.75) is 38.6 Å². The molecule has 0 saturated carbocycles. The second-order valence-electron chi connectivity index (χ2n) is 3.66. The van der Waals surface area contributed by atoms with Crippen molar-refractivity contribution in [2.24, 2.45) is 0 Å². The highest BCUT2D eigenvalue weighted by Gasteiger charge is 2.20. The molecule has 0 aromatic heterocycles. The summed E-state index contributed by atoms with van der Waals surface area (Å²) in [6.07, 6.45) is 4.49. The number of hydrogen-bond donors (Lipinski definition) is 1. The molecule has 0 radical (unpaired) electrons. The van der Waals surface area contributed by atoms with Crippen molar-refractivity contribution in [2.75, 3.05) is 20.2 Å². The average molecular weight is 200 g/mol. The molecular weight excluding hydrogens is 180 g/mol. The van der Waals surface area contributed by atoms with Gasteiger partial charge < -0.3 is 4.74 Å². The Bertz CT molecular complexity index is 179. The molecule has 1 saturated heterocycles. The molecule has 0 bridgehead atoms. The number of rotatable bonds is 4. The van der Waals surface area contributed by atoms with Crippen LogP contribution in [0.3, 0.4) is 0 Å². The Balaban J connectivity index is 2.34. The van der Waals surface area contributed by atoms with Gasteiger partial charge in [0.1, 0.15) is 6.04 Å². The van der Waals surface area contributed by atoms with Crippen molar-refractivity contribution in [3.63, 3.8) is 0 Å². The molecule has 4 heteroatoms. The van der Waals surface area contributed by atoms with E-state index in [0.717, 1.165) is 19.5 Å². The first-order valence-corrected chi connectivity index (χ1v) is 5.37. The van der Waals surface area contributed by atoms with Gasteiger partial charge in [-0.05, 0) is 19.3 Å². The molecule has 1 aliphatic heterocycles. The number of ether oxygens (including phenoxy) is 1. The predicted molar refractivity (Wildman–Crippen MR) is 54.7 cm³/mol. The van der Waals surface area contributed by atoms with Gasteiger partial charge in [-0.15, -0.1) is 0 Å². The lowest BCUT2D eigenvalue weighted by Gasteiger charge is -2.30. The number of carbonyl (C=O) groups excluding carboxylic acids is 1. The van der Waals surface area contributed by atoms with Gasteiger partial charge in [-0.3, -0.25) is 4.79 Å². The van der Waals surface area contributed by atoms with Crippen LogP contribution in [0.25, 0.3) is 0 Å². The fourth-order valence-electron chi connectivity index (χ4n) is 1.70. The molecule has 1 atom stereocenters. The summed E-state index contributed by atoms with van der Waals surface area (Å²) in [7, 11) is 1.43. The van der Waals surface area contributed by atoms with E-state index in [-0.39, 0.29) is 12.0 Å². The maximum Gasteiger partial charge on any atom is 0.324 e. The van der Waals surface area contributed by atoms with Gasteiger partial charge >= 0.3 is 5.97 Å². The number of methoxy groups -OCH3 is 1. The molecular formula is C10H20N2O2. The van der Waals surface area contributed by atoms with E-state index >= 15 is 0 Å². The highest BCUT2D eigenvalue weighted by Crippen LogP contribution is 2.07. The van der Waals surface area contributed by atoms with E-state index in [9.17, 15) is 4.79 Å². The van der Waals surface area contributed by atoms with Crippen LogP contribution in [0.2, 0.25) is 0 Å². The number of carbonyl (C=O) groups is 1. The van der Waals surface area contributed by atoms with Crippen LogP contribution >= 0.6 is 0 Å². The molecule has 1 N–H and O–H groups in total. The minimum atomic E-state index is -0.182. The quantitative estimate of drug-likeness (QED) is 0.685. The van der Waals surface area contributed by atoms with Gasteiger partial charge in [0, 0.05) is 13.1 Å². The van der Waals surface area contributed by atoms with Gasteiger partial charge in [0.05, 0.1) is 7.11 Å². The highest BCUT2D eigenvalue weighted by atomic mass is 16.5. The minimum absolute atomic E-state index is 0.168. The van der Waals surface area contributed by atoms with Crippen molar-refractivity contribution < 1.29 is 9.53 Å². The number of esters is 1. The van der Waals surface area contributed by atoms with E-state index in [0.29, 0.717) is 0 Å². The first-order chi connectivity index (χ1) is 6.77. The van der Waals surface area contributed by atoms with Crippen LogP contribution in [0.15, 0.2) is 0 Å². The van der Waals surface area contributed by atoms with Crippen molar-refractivity contribution in [3.05, 3.63) is 0 Å².